The molecule has 4 rings (SSSR count). The van der Waals surface area contributed by atoms with Gasteiger partial charge in [0.1, 0.15) is 11.1 Å². The minimum Gasteiger partial charge on any atom is -0.461 e. The van der Waals surface area contributed by atoms with Crippen molar-refractivity contribution in [3.63, 3.8) is 0 Å². The maximum atomic E-state index is 12.7. The molecule has 28 heavy (non-hydrogen) atoms. The lowest BCUT2D eigenvalue weighted by Crippen LogP contribution is -2.11. The maximum absolute atomic E-state index is 12.7. The number of hydrogen-bond acceptors (Lipinski definition) is 2. The molecule has 2 aliphatic rings. The lowest BCUT2D eigenvalue weighted by atomic mass is 9.93. The summed E-state index contributed by atoms with van der Waals surface area (Å²) >= 11 is 11.6. The van der Waals surface area contributed by atoms with Crippen LogP contribution in [0.4, 0.5) is 0 Å². The van der Waals surface area contributed by atoms with E-state index in [9.17, 15) is 4.79 Å². The summed E-state index contributed by atoms with van der Waals surface area (Å²) in [5.41, 5.74) is 6.19. The first-order chi connectivity index (χ1) is 13.4. The second kappa shape index (κ2) is 7.57. The molecule has 0 radical (unpaired) electrons. The van der Waals surface area contributed by atoms with Gasteiger partial charge < -0.3 is 4.74 Å². The topological polar surface area (TPSA) is 26.3 Å². The van der Waals surface area contributed by atoms with Gasteiger partial charge in [0.2, 0.25) is 0 Å². The van der Waals surface area contributed by atoms with Crippen molar-refractivity contribution >= 4 is 29.2 Å². The standard InChI is InChI=1S/C24H24Cl2O2/c1-24(2)20(13-21(25)26)22(24)23(27)28-14-16-9-6-12-19-17-10-4-3-7-15(17)8-5-11-18(16)19/h3-4,6-7,9-10,12-13,20,22H,5,8,11,14H2,1-2H3/t20-,22-/m1/s1. The Balaban J connectivity index is 1.53. The van der Waals surface area contributed by atoms with Crippen molar-refractivity contribution in [1.29, 1.82) is 0 Å². The number of hydrogen-bond donors (Lipinski definition) is 0. The first kappa shape index (κ1) is 19.5. The van der Waals surface area contributed by atoms with E-state index >= 15 is 0 Å². The Labute approximate surface area is 176 Å². The molecule has 2 aromatic rings. The van der Waals surface area contributed by atoms with Crippen LogP contribution in [0.3, 0.4) is 0 Å². The predicted molar refractivity (Wildman–Crippen MR) is 114 cm³/mol. The van der Waals surface area contributed by atoms with Gasteiger partial charge in [-0.05, 0) is 64.5 Å². The summed E-state index contributed by atoms with van der Waals surface area (Å²) in [4.78, 5) is 12.7. The van der Waals surface area contributed by atoms with Crippen LogP contribution >= 0.6 is 23.2 Å². The molecule has 1 saturated carbocycles. The molecule has 0 amide bonds. The fraction of sp³-hybridized carbons (Fsp3) is 0.375. The minimum atomic E-state index is -0.192. The highest BCUT2D eigenvalue weighted by Crippen LogP contribution is 2.60. The Morgan fingerprint density at radius 1 is 1.11 bits per heavy atom. The van der Waals surface area contributed by atoms with Crippen LogP contribution in [0.1, 0.15) is 37.0 Å². The number of fused-ring (bicyclic) bond motifs is 3. The van der Waals surface area contributed by atoms with Crippen molar-refractivity contribution < 1.29 is 9.53 Å². The molecule has 2 atom stereocenters. The SMILES string of the molecule is CC1(C)[C@H](C=C(Cl)Cl)[C@@H]1C(=O)OCc1cccc2c1CCCc1ccccc1-2. The van der Waals surface area contributed by atoms with E-state index in [1.807, 2.05) is 13.8 Å². The molecule has 0 heterocycles. The summed E-state index contributed by atoms with van der Waals surface area (Å²) in [6, 6.07) is 14.9. The van der Waals surface area contributed by atoms with Crippen molar-refractivity contribution in [3.8, 4) is 11.1 Å². The third-order valence-corrected chi connectivity index (χ3v) is 6.55. The van der Waals surface area contributed by atoms with Gasteiger partial charge in [-0.3, -0.25) is 4.79 Å². The van der Waals surface area contributed by atoms with Crippen LogP contribution < -0.4 is 0 Å². The second-order valence-electron chi connectivity index (χ2n) is 8.34. The average Bonchev–Trinajstić information content (AvgIpc) is 3.26. The molecule has 4 heteroatoms. The number of carbonyl (C=O) groups is 1. The van der Waals surface area contributed by atoms with E-state index in [4.69, 9.17) is 27.9 Å². The van der Waals surface area contributed by atoms with Gasteiger partial charge in [-0.2, -0.15) is 0 Å². The van der Waals surface area contributed by atoms with Gasteiger partial charge in [0.05, 0.1) is 5.92 Å². The molecule has 146 valence electrons. The number of rotatable bonds is 4. The molecule has 0 unspecified atom stereocenters. The molecule has 2 aliphatic carbocycles. The number of allylic oxidation sites excluding steroid dienone is 1. The molecule has 1 fully saturated rings. The summed E-state index contributed by atoms with van der Waals surface area (Å²) in [6.45, 7) is 4.40. The van der Waals surface area contributed by atoms with Crippen molar-refractivity contribution in [2.75, 3.05) is 0 Å². The lowest BCUT2D eigenvalue weighted by molar-refractivity contribution is -0.147. The van der Waals surface area contributed by atoms with E-state index < -0.39 is 0 Å². The zero-order chi connectivity index (χ0) is 19.9. The molecule has 2 aromatic carbocycles. The monoisotopic (exact) mass is 414 g/mol. The number of esters is 1. The largest absolute Gasteiger partial charge is 0.461 e. The molecule has 0 bridgehead atoms. The Kier molecular flexibility index (Phi) is 5.28. The van der Waals surface area contributed by atoms with Crippen LogP contribution in [0.5, 0.6) is 0 Å². The Morgan fingerprint density at radius 3 is 2.64 bits per heavy atom. The van der Waals surface area contributed by atoms with E-state index in [0.29, 0.717) is 6.61 Å². The van der Waals surface area contributed by atoms with Crippen molar-refractivity contribution in [2.24, 2.45) is 17.3 Å². The molecule has 0 spiro atoms. The highest BCUT2D eigenvalue weighted by Gasteiger charge is 2.61. The lowest BCUT2D eigenvalue weighted by Gasteiger charge is -2.14. The average molecular weight is 415 g/mol. The highest BCUT2D eigenvalue weighted by molar-refractivity contribution is 6.55. The van der Waals surface area contributed by atoms with Gasteiger partial charge >= 0.3 is 5.97 Å². The summed E-state index contributed by atoms with van der Waals surface area (Å²) in [5.74, 6) is -0.333. The summed E-state index contributed by atoms with van der Waals surface area (Å²) in [6.07, 6.45) is 4.93. The van der Waals surface area contributed by atoms with Crippen LogP contribution in [0.15, 0.2) is 53.0 Å². The summed E-state index contributed by atoms with van der Waals surface area (Å²) < 4.78 is 5.95. The van der Waals surface area contributed by atoms with Gasteiger partial charge in [0.25, 0.3) is 0 Å². The quantitative estimate of drug-likeness (QED) is 0.535. The Hall–Kier alpha value is -1.77. The van der Waals surface area contributed by atoms with Crippen LogP contribution in [-0.2, 0) is 29.0 Å². The van der Waals surface area contributed by atoms with Gasteiger partial charge in [-0.25, -0.2) is 0 Å². The Bertz CT molecular complexity index is 941. The summed E-state index contributed by atoms with van der Waals surface area (Å²) in [7, 11) is 0. The molecular formula is C24H24Cl2O2. The van der Waals surface area contributed by atoms with Gasteiger partial charge in [0, 0.05) is 0 Å². The Morgan fingerprint density at radius 2 is 1.86 bits per heavy atom. The van der Waals surface area contributed by atoms with Crippen LogP contribution in [0.25, 0.3) is 11.1 Å². The van der Waals surface area contributed by atoms with Gasteiger partial charge in [-0.1, -0.05) is 79.5 Å². The molecule has 0 saturated heterocycles. The van der Waals surface area contributed by atoms with E-state index in [0.717, 1.165) is 24.8 Å². The van der Waals surface area contributed by atoms with Crippen LogP contribution in [-0.4, -0.2) is 5.97 Å². The van der Waals surface area contributed by atoms with Gasteiger partial charge in [0.15, 0.2) is 0 Å². The fourth-order valence-corrected chi connectivity index (χ4v) is 4.86. The van der Waals surface area contributed by atoms with E-state index in [1.165, 1.54) is 22.3 Å². The van der Waals surface area contributed by atoms with Crippen molar-refractivity contribution in [1.82, 2.24) is 0 Å². The second-order valence-corrected chi connectivity index (χ2v) is 9.35. The number of benzene rings is 2. The molecule has 0 aliphatic heterocycles. The minimum absolute atomic E-state index is 0.0322. The highest BCUT2D eigenvalue weighted by atomic mass is 35.5. The summed E-state index contributed by atoms with van der Waals surface area (Å²) in [5, 5.41) is 0. The zero-order valence-electron chi connectivity index (χ0n) is 16.2. The third-order valence-electron chi connectivity index (χ3n) is 6.29. The molecule has 0 N–H and O–H groups in total. The predicted octanol–water partition coefficient (Wildman–Crippen LogP) is 6.48. The van der Waals surface area contributed by atoms with E-state index in [-0.39, 0.29) is 27.7 Å². The maximum Gasteiger partial charge on any atom is 0.310 e. The molecule has 2 nitrogen and oxygen atoms in total. The van der Waals surface area contributed by atoms with Crippen molar-refractivity contribution in [2.45, 2.75) is 39.7 Å². The smallest absolute Gasteiger partial charge is 0.310 e. The van der Waals surface area contributed by atoms with E-state index in [2.05, 4.69) is 42.5 Å². The number of halogens is 2. The van der Waals surface area contributed by atoms with Crippen LogP contribution in [0.2, 0.25) is 0 Å². The number of aryl methyl sites for hydroxylation is 1. The number of carbonyl (C=O) groups excluding carboxylic acids is 1. The zero-order valence-corrected chi connectivity index (χ0v) is 17.7. The number of ether oxygens (including phenoxy) is 1. The molecule has 0 aromatic heterocycles. The van der Waals surface area contributed by atoms with Crippen LogP contribution in [0, 0.1) is 17.3 Å². The normalized spacial score (nSPS) is 21.7. The van der Waals surface area contributed by atoms with Crippen molar-refractivity contribution in [3.05, 3.63) is 69.7 Å². The first-order valence-corrected chi connectivity index (χ1v) is 10.5. The van der Waals surface area contributed by atoms with Gasteiger partial charge in [-0.15, -0.1) is 0 Å². The third kappa shape index (κ3) is 3.60. The first-order valence-electron chi connectivity index (χ1n) is 9.78. The van der Waals surface area contributed by atoms with E-state index in [1.54, 1.807) is 6.08 Å². The molecular weight excluding hydrogens is 391 g/mol. The fourth-order valence-electron chi connectivity index (χ4n) is 4.59.